The number of carbonyl (C=O) groups is 1. The molecule has 0 saturated carbocycles. The number of hydrogen-bond acceptors (Lipinski definition) is 4. The Morgan fingerprint density at radius 2 is 2.10 bits per heavy atom. The number of halogens is 1. The van der Waals surface area contributed by atoms with Gasteiger partial charge < -0.3 is 14.7 Å². The highest BCUT2D eigenvalue weighted by Gasteiger charge is 2.26. The van der Waals surface area contributed by atoms with Gasteiger partial charge >= 0.3 is 5.97 Å². The Hall–Kier alpha value is -1.10. The molecule has 1 aromatic rings. The number of esters is 1. The van der Waals surface area contributed by atoms with Crippen LogP contribution in [0.25, 0.3) is 0 Å². The molecule has 1 fully saturated rings. The quantitative estimate of drug-likeness (QED) is 0.866. The second-order valence-corrected chi connectivity index (χ2v) is 5.54. The number of aliphatic hydroxyl groups is 1. The molecule has 20 heavy (non-hydrogen) atoms. The van der Waals surface area contributed by atoms with Crippen molar-refractivity contribution in [3.63, 3.8) is 0 Å². The van der Waals surface area contributed by atoms with E-state index in [9.17, 15) is 9.90 Å². The summed E-state index contributed by atoms with van der Waals surface area (Å²) in [6, 6.07) is 7.34. The average Bonchev–Trinajstić information content (AvgIpc) is 2.47. The Morgan fingerprint density at radius 1 is 1.45 bits per heavy atom. The molecule has 1 aliphatic heterocycles. The van der Waals surface area contributed by atoms with Gasteiger partial charge in [0.2, 0.25) is 0 Å². The molecular formula is C15H20ClNO3. The second kappa shape index (κ2) is 7.07. The lowest BCUT2D eigenvalue weighted by atomic mass is 9.96. The van der Waals surface area contributed by atoms with Gasteiger partial charge in [0.15, 0.2) is 0 Å². The van der Waals surface area contributed by atoms with E-state index in [2.05, 4.69) is 4.90 Å². The molecule has 0 amide bonds. The highest BCUT2D eigenvalue weighted by molar-refractivity contribution is 6.31. The van der Waals surface area contributed by atoms with Crippen LogP contribution in [0.2, 0.25) is 5.02 Å². The van der Waals surface area contributed by atoms with Crippen LogP contribution in [0, 0.1) is 5.92 Å². The van der Waals surface area contributed by atoms with Crippen molar-refractivity contribution in [2.45, 2.75) is 18.9 Å². The summed E-state index contributed by atoms with van der Waals surface area (Å²) < 4.78 is 4.77. The molecule has 1 aromatic carbocycles. The summed E-state index contributed by atoms with van der Waals surface area (Å²) in [6.07, 6.45) is 0.961. The summed E-state index contributed by atoms with van der Waals surface area (Å²) in [7, 11) is 1.43. The van der Waals surface area contributed by atoms with Crippen LogP contribution in [0.3, 0.4) is 0 Å². The molecule has 0 aromatic heterocycles. The Morgan fingerprint density at radius 3 is 2.70 bits per heavy atom. The number of benzene rings is 1. The lowest BCUT2D eigenvalue weighted by molar-refractivity contribution is -0.147. The summed E-state index contributed by atoms with van der Waals surface area (Å²) in [6.45, 7) is 2.13. The zero-order valence-corrected chi connectivity index (χ0v) is 12.3. The van der Waals surface area contributed by atoms with Crippen molar-refractivity contribution in [3.05, 3.63) is 34.9 Å². The molecule has 2 rings (SSSR count). The molecule has 1 N–H and O–H groups in total. The monoisotopic (exact) mass is 297 g/mol. The van der Waals surface area contributed by atoms with E-state index in [0.717, 1.165) is 31.5 Å². The third kappa shape index (κ3) is 3.72. The fourth-order valence-electron chi connectivity index (χ4n) is 2.61. The first kappa shape index (κ1) is 15.3. The Bertz CT molecular complexity index is 458. The number of rotatable bonds is 4. The highest BCUT2D eigenvalue weighted by Crippen LogP contribution is 2.25. The number of aliphatic hydroxyl groups excluding tert-OH is 1. The smallest absolute Gasteiger partial charge is 0.308 e. The maximum atomic E-state index is 11.5. The average molecular weight is 298 g/mol. The van der Waals surface area contributed by atoms with Crippen molar-refractivity contribution in [1.29, 1.82) is 0 Å². The Balaban J connectivity index is 1.87. The van der Waals surface area contributed by atoms with E-state index in [1.165, 1.54) is 7.11 Å². The molecule has 1 unspecified atom stereocenters. The van der Waals surface area contributed by atoms with Crippen LogP contribution in [0.15, 0.2) is 24.3 Å². The molecule has 0 radical (unpaired) electrons. The minimum atomic E-state index is -0.599. The third-order valence-corrected chi connectivity index (χ3v) is 4.16. The molecule has 1 saturated heterocycles. The number of β-amino-alcohol motifs (C(OH)–C–C–N with tert-alkyl or cyclic N) is 1. The topological polar surface area (TPSA) is 49.8 Å². The van der Waals surface area contributed by atoms with Gasteiger partial charge in [-0.05, 0) is 32.0 Å². The summed E-state index contributed by atoms with van der Waals surface area (Å²) in [4.78, 5) is 13.6. The number of ether oxygens (including phenoxy) is 1. The van der Waals surface area contributed by atoms with E-state index in [0.29, 0.717) is 11.6 Å². The first-order chi connectivity index (χ1) is 9.61. The van der Waals surface area contributed by atoms with Crippen LogP contribution < -0.4 is 0 Å². The van der Waals surface area contributed by atoms with E-state index in [1.807, 2.05) is 18.2 Å². The van der Waals surface area contributed by atoms with Crippen LogP contribution in [0.5, 0.6) is 0 Å². The lowest BCUT2D eigenvalue weighted by Crippen LogP contribution is -2.38. The predicted octanol–water partition coefficient (Wildman–Crippen LogP) is 2.26. The summed E-state index contributed by atoms with van der Waals surface area (Å²) in [5.74, 6) is -0.134. The standard InChI is InChI=1S/C15H20ClNO3/c1-20-15(19)11-6-8-17(9-7-11)10-14(18)12-4-2-3-5-13(12)16/h2-5,11,14,18H,6-10H2,1H3. The van der Waals surface area contributed by atoms with Crippen LogP contribution in [-0.4, -0.2) is 42.7 Å². The SMILES string of the molecule is COC(=O)C1CCN(CC(O)c2ccccc2Cl)CC1. The number of likely N-dealkylation sites (tertiary alicyclic amines) is 1. The zero-order chi connectivity index (χ0) is 14.5. The van der Waals surface area contributed by atoms with Crippen LogP contribution >= 0.6 is 11.6 Å². The van der Waals surface area contributed by atoms with Crippen molar-refractivity contribution in [3.8, 4) is 0 Å². The van der Waals surface area contributed by atoms with Gasteiger partial charge in [-0.1, -0.05) is 29.8 Å². The largest absolute Gasteiger partial charge is 0.469 e. The van der Waals surface area contributed by atoms with Gasteiger partial charge in [0.25, 0.3) is 0 Å². The predicted molar refractivity (Wildman–Crippen MR) is 77.6 cm³/mol. The van der Waals surface area contributed by atoms with Crippen molar-refractivity contribution in [1.82, 2.24) is 4.90 Å². The van der Waals surface area contributed by atoms with E-state index in [1.54, 1.807) is 6.07 Å². The summed E-state index contributed by atoms with van der Waals surface area (Å²) in [5.41, 5.74) is 0.754. The fraction of sp³-hybridized carbons (Fsp3) is 0.533. The molecule has 1 aliphatic rings. The first-order valence-electron chi connectivity index (χ1n) is 6.84. The molecule has 1 heterocycles. The van der Waals surface area contributed by atoms with E-state index in [4.69, 9.17) is 16.3 Å². The highest BCUT2D eigenvalue weighted by atomic mass is 35.5. The van der Waals surface area contributed by atoms with Gasteiger partial charge in [0, 0.05) is 17.1 Å². The minimum Gasteiger partial charge on any atom is -0.469 e. The number of nitrogens with zero attached hydrogens (tertiary/aromatic N) is 1. The Labute approximate surface area is 124 Å². The molecular weight excluding hydrogens is 278 g/mol. The Kier molecular flexibility index (Phi) is 5.40. The van der Waals surface area contributed by atoms with Crippen LogP contribution in [-0.2, 0) is 9.53 Å². The molecule has 0 bridgehead atoms. The van der Waals surface area contributed by atoms with Gasteiger partial charge in [-0.3, -0.25) is 4.79 Å². The van der Waals surface area contributed by atoms with Gasteiger partial charge in [-0.25, -0.2) is 0 Å². The molecule has 5 heteroatoms. The maximum Gasteiger partial charge on any atom is 0.308 e. The molecule has 1 atom stereocenters. The normalized spacial score (nSPS) is 18.8. The number of carbonyl (C=O) groups excluding carboxylic acids is 1. The summed E-state index contributed by atoms with van der Waals surface area (Å²) in [5, 5.41) is 10.8. The minimum absolute atomic E-state index is 0.00583. The third-order valence-electron chi connectivity index (χ3n) is 3.82. The van der Waals surface area contributed by atoms with Crippen LogP contribution in [0.1, 0.15) is 24.5 Å². The maximum absolute atomic E-state index is 11.5. The number of methoxy groups -OCH3 is 1. The van der Waals surface area contributed by atoms with Gasteiger partial charge in [0.1, 0.15) is 0 Å². The molecule has 0 spiro atoms. The number of piperidine rings is 1. The van der Waals surface area contributed by atoms with E-state index >= 15 is 0 Å². The fourth-order valence-corrected chi connectivity index (χ4v) is 2.87. The van der Waals surface area contributed by atoms with Gasteiger partial charge in [-0.15, -0.1) is 0 Å². The molecule has 0 aliphatic carbocycles. The van der Waals surface area contributed by atoms with Gasteiger partial charge in [-0.2, -0.15) is 0 Å². The van der Waals surface area contributed by atoms with Crippen LogP contribution in [0.4, 0.5) is 0 Å². The van der Waals surface area contributed by atoms with E-state index < -0.39 is 6.10 Å². The van der Waals surface area contributed by atoms with Crippen molar-refractivity contribution in [2.24, 2.45) is 5.92 Å². The molecule has 110 valence electrons. The zero-order valence-electron chi connectivity index (χ0n) is 11.6. The van der Waals surface area contributed by atoms with Crippen molar-refractivity contribution >= 4 is 17.6 Å². The molecule has 4 nitrogen and oxygen atoms in total. The van der Waals surface area contributed by atoms with Crippen molar-refractivity contribution in [2.75, 3.05) is 26.7 Å². The first-order valence-corrected chi connectivity index (χ1v) is 7.22. The second-order valence-electron chi connectivity index (χ2n) is 5.14. The number of hydrogen-bond donors (Lipinski definition) is 1. The van der Waals surface area contributed by atoms with Crippen molar-refractivity contribution < 1.29 is 14.6 Å². The van der Waals surface area contributed by atoms with E-state index in [-0.39, 0.29) is 11.9 Å². The summed E-state index contributed by atoms with van der Waals surface area (Å²) >= 11 is 6.08. The lowest BCUT2D eigenvalue weighted by Gasteiger charge is -2.32. The van der Waals surface area contributed by atoms with Gasteiger partial charge in [0.05, 0.1) is 19.1 Å².